The van der Waals surface area contributed by atoms with Crippen molar-refractivity contribution in [3.05, 3.63) is 63.6 Å². The lowest BCUT2D eigenvalue weighted by atomic mass is 10.1. The van der Waals surface area contributed by atoms with Crippen molar-refractivity contribution in [3.8, 4) is 0 Å². The van der Waals surface area contributed by atoms with E-state index in [1.54, 1.807) is 12.1 Å². The molecule has 2 aromatic carbocycles. The molecule has 0 radical (unpaired) electrons. The molecular weight excluding hydrogens is 450 g/mol. The average Bonchev–Trinajstić information content (AvgIpc) is 2.69. The van der Waals surface area contributed by atoms with Crippen LogP contribution in [0.1, 0.15) is 15.9 Å². The third-order valence-corrected chi connectivity index (χ3v) is 4.30. The number of hydrazine groups is 1. The zero-order chi connectivity index (χ0) is 22.3. The normalized spacial score (nSPS) is 11.0. The van der Waals surface area contributed by atoms with Crippen LogP contribution in [0.25, 0.3) is 0 Å². The molecule has 3 amide bonds. The first-order chi connectivity index (χ1) is 14.1. The van der Waals surface area contributed by atoms with Crippen LogP contribution in [0.2, 0.25) is 10.0 Å². The first kappa shape index (κ1) is 23.5. The molecule has 12 heteroatoms. The zero-order valence-corrected chi connectivity index (χ0v) is 16.5. The Morgan fingerprint density at radius 2 is 1.53 bits per heavy atom. The summed E-state index contributed by atoms with van der Waals surface area (Å²) in [6, 6.07) is 8.06. The van der Waals surface area contributed by atoms with Crippen molar-refractivity contribution in [2.24, 2.45) is 0 Å². The Hall–Kier alpha value is -2.82. The van der Waals surface area contributed by atoms with E-state index in [4.69, 9.17) is 27.9 Å². The molecule has 2 rings (SSSR count). The highest BCUT2D eigenvalue weighted by atomic mass is 35.5. The maximum atomic E-state index is 12.5. The van der Waals surface area contributed by atoms with Gasteiger partial charge in [-0.15, -0.1) is 0 Å². The SMILES string of the molecule is O=C(COCC(=O)Nc1cccc(Cl)c1Cl)NNC(=O)c1ccc(C(F)(F)F)cc1. The van der Waals surface area contributed by atoms with Gasteiger partial charge < -0.3 is 10.1 Å². The van der Waals surface area contributed by atoms with Crippen LogP contribution in [0, 0.1) is 0 Å². The molecule has 0 atom stereocenters. The maximum absolute atomic E-state index is 12.5. The molecule has 30 heavy (non-hydrogen) atoms. The van der Waals surface area contributed by atoms with Gasteiger partial charge in [-0.1, -0.05) is 29.3 Å². The Labute approximate surface area is 178 Å². The van der Waals surface area contributed by atoms with Crippen LogP contribution in [-0.4, -0.2) is 30.9 Å². The van der Waals surface area contributed by atoms with Crippen LogP contribution in [0.5, 0.6) is 0 Å². The highest BCUT2D eigenvalue weighted by Gasteiger charge is 2.30. The number of amides is 3. The molecule has 0 saturated carbocycles. The van der Waals surface area contributed by atoms with Gasteiger partial charge in [-0.25, -0.2) is 0 Å². The number of halogens is 5. The zero-order valence-electron chi connectivity index (χ0n) is 15.0. The number of alkyl halides is 3. The van der Waals surface area contributed by atoms with Crippen molar-refractivity contribution in [3.63, 3.8) is 0 Å². The molecule has 3 N–H and O–H groups in total. The predicted octanol–water partition coefficient (Wildman–Crippen LogP) is 3.43. The summed E-state index contributed by atoms with van der Waals surface area (Å²) in [4.78, 5) is 35.2. The van der Waals surface area contributed by atoms with Crippen molar-refractivity contribution < 1.29 is 32.3 Å². The molecule has 0 fully saturated rings. The van der Waals surface area contributed by atoms with Gasteiger partial charge in [0.05, 0.1) is 21.3 Å². The summed E-state index contributed by atoms with van der Waals surface area (Å²) in [5.74, 6) is -2.21. The van der Waals surface area contributed by atoms with Crippen LogP contribution in [-0.2, 0) is 20.5 Å². The van der Waals surface area contributed by atoms with E-state index in [0.717, 1.165) is 24.3 Å². The quantitative estimate of drug-likeness (QED) is 0.571. The second-order valence-electron chi connectivity index (χ2n) is 5.72. The Morgan fingerprint density at radius 1 is 0.900 bits per heavy atom. The van der Waals surface area contributed by atoms with Crippen molar-refractivity contribution in [2.45, 2.75) is 6.18 Å². The molecule has 0 heterocycles. The molecule has 0 aliphatic heterocycles. The number of hydrogen-bond acceptors (Lipinski definition) is 4. The van der Waals surface area contributed by atoms with Gasteiger partial charge in [-0.2, -0.15) is 13.2 Å². The van der Waals surface area contributed by atoms with Crippen molar-refractivity contribution in [1.29, 1.82) is 0 Å². The number of carbonyl (C=O) groups is 3. The second-order valence-corrected chi connectivity index (χ2v) is 6.50. The Morgan fingerprint density at radius 3 is 2.17 bits per heavy atom. The molecule has 0 unspecified atom stereocenters. The Bertz CT molecular complexity index is 937. The van der Waals surface area contributed by atoms with Gasteiger partial charge in [-0.05, 0) is 36.4 Å². The highest BCUT2D eigenvalue weighted by molar-refractivity contribution is 6.44. The number of benzene rings is 2. The molecule has 7 nitrogen and oxygen atoms in total. The van der Waals surface area contributed by atoms with Crippen molar-refractivity contribution in [1.82, 2.24) is 10.9 Å². The average molecular weight is 464 g/mol. The van der Waals surface area contributed by atoms with Crippen LogP contribution < -0.4 is 16.2 Å². The summed E-state index contributed by atoms with van der Waals surface area (Å²) in [6.07, 6.45) is -4.52. The Kier molecular flexibility index (Phi) is 8.04. The summed E-state index contributed by atoms with van der Waals surface area (Å²) < 4.78 is 42.4. The molecule has 2 aromatic rings. The van der Waals surface area contributed by atoms with E-state index in [0.29, 0.717) is 0 Å². The van der Waals surface area contributed by atoms with Crippen LogP contribution in [0.3, 0.4) is 0 Å². The number of anilines is 1. The first-order valence-electron chi connectivity index (χ1n) is 8.16. The standard InChI is InChI=1S/C18H14Cl2F3N3O4/c19-12-2-1-3-13(16(12)20)24-14(27)8-30-9-15(28)25-26-17(29)10-4-6-11(7-5-10)18(21,22)23/h1-7H,8-9H2,(H,24,27)(H,25,28)(H,26,29). The molecular formula is C18H14Cl2F3N3O4. The molecule has 0 aromatic heterocycles. The van der Waals surface area contributed by atoms with Gasteiger partial charge in [0.25, 0.3) is 11.8 Å². The lowest BCUT2D eigenvalue weighted by Crippen LogP contribution is -2.43. The van der Waals surface area contributed by atoms with Gasteiger partial charge in [0.1, 0.15) is 13.2 Å². The molecule has 0 aliphatic rings. The fraction of sp³-hybridized carbons (Fsp3) is 0.167. The van der Waals surface area contributed by atoms with E-state index in [9.17, 15) is 27.6 Å². The van der Waals surface area contributed by atoms with E-state index in [-0.39, 0.29) is 21.3 Å². The van der Waals surface area contributed by atoms with Gasteiger partial charge in [0, 0.05) is 5.56 Å². The molecule has 0 saturated heterocycles. The first-order valence-corrected chi connectivity index (χ1v) is 8.91. The fourth-order valence-electron chi connectivity index (χ4n) is 2.07. The van der Waals surface area contributed by atoms with Gasteiger partial charge in [-0.3, -0.25) is 25.2 Å². The number of nitrogens with one attached hydrogen (secondary N) is 3. The summed E-state index contributed by atoms with van der Waals surface area (Å²) in [6.45, 7) is -1.05. The molecule has 0 spiro atoms. The monoisotopic (exact) mass is 463 g/mol. The largest absolute Gasteiger partial charge is 0.416 e. The van der Waals surface area contributed by atoms with Crippen molar-refractivity contribution in [2.75, 3.05) is 18.5 Å². The number of rotatable bonds is 6. The van der Waals surface area contributed by atoms with Crippen LogP contribution in [0.4, 0.5) is 18.9 Å². The minimum absolute atomic E-state index is 0.0954. The number of carbonyl (C=O) groups excluding carboxylic acids is 3. The molecule has 0 bridgehead atoms. The predicted molar refractivity (Wildman–Crippen MR) is 103 cm³/mol. The minimum Gasteiger partial charge on any atom is -0.362 e. The highest BCUT2D eigenvalue weighted by Crippen LogP contribution is 2.30. The van der Waals surface area contributed by atoms with Gasteiger partial charge in [0.15, 0.2) is 0 Å². The summed E-state index contributed by atoms with van der Waals surface area (Å²) in [7, 11) is 0. The van der Waals surface area contributed by atoms with E-state index in [1.807, 2.05) is 10.9 Å². The lowest BCUT2D eigenvalue weighted by Gasteiger charge is -2.10. The number of hydrogen-bond donors (Lipinski definition) is 3. The third-order valence-electron chi connectivity index (χ3n) is 3.48. The number of ether oxygens (including phenoxy) is 1. The van der Waals surface area contributed by atoms with Crippen LogP contribution in [0.15, 0.2) is 42.5 Å². The molecule has 0 aliphatic carbocycles. The summed E-state index contributed by atoms with van der Waals surface area (Å²) >= 11 is 11.8. The summed E-state index contributed by atoms with van der Waals surface area (Å²) in [5.41, 5.74) is 3.29. The van der Waals surface area contributed by atoms with Gasteiger partial charge in [0.2, 0.25) is 5.91 Å². The van der Waals surface area contributed by atoms with Crippen molar-refractivity contribution >= 4 is 46.6 Å². The Balaban J connectivity index is 1.72. The molecule has 160 valence electrons. The van der Waals surface area contributed by atoms with E-state index >= 15 is 0 Å². The minimum atomic E-state index is -4.52. The third kappa shape index (κ3) is 6.90. The van der Waals surface area contributed by atoms with Gasteiger partial charge >= 0.3 is 6.18 Å². The fourth-order valence-corrected chi connectivity index (χ4v) is 2.42. The second kappa shape index (κ2) is 10.3. The van der Waals surface area contributed by atoms with E-state index in [2.05, 4.69) is 5.32 Å². The van der Waals surface area contributed by atoms with E-state index < -0.39 is 42.7 Å². The topological polar surface area (TPSA) is 96.5 Å². The van der Waals surface area contributed by atoms with Crippen LogP contribution >= 0.6 is 23.2 Å². The summed E-state index contributed by atoms with van der Waals surface area (Å²) in [5, 5.41) is 2.85. The van der Waals surface area contributed by atoms with E-state index in [1.165, 1.54) is 6.07 Å². The smallest absolute Gasteiger partial charge is 0.362 e. The maximum Gasteiger partial charge on any atom is 0.416 e. The lowest BCUT2D eigenvalue weighted by molar-refractivity contribution is -0.137.